The van der Waals surface area contributed by atoms with E-state index in [1.807, 2.05) is 34.6 Å². The molecule has 1 aliphatic carbocycles. The highest BCUT2D eigenvalue weighted by molar-refractivity contribution is 5.84. The fourth-order valence-electron chi connectivity index (χ4n) is 2.80. The smallest absolute Gasteiger partial charge is 0.309 e. The molecule has 0 radical (unpaired) electrons. The number of hydrogen-bond donors (Lipinski definition) is 2. The van der Waals surface area contributed by atoms with E-state index in [-0.39, 0.29) is 17.4 Å². The summed E-state index contributed by atoms with van der Waals surface area (Å²) in [5, 5.41) is 12.4. The van der Waals surface area contributed by atoms with E-state index in [2.05, 4.69) is 5.32 Å². The minimum Gasteiger partial charge on any atom is -0.481 e. The van der Waals surface area contributed by atoms with Gasteiger partial charge in [-0.05, 0) is 46.0 Å². The van der Waals surface area contributed by atoms with Gasteiger partial charge in [-0.1, -0.05) is 13.8 Å². The first-order valence-corrected chi connectivity index (χ1v) is 6.47. The van der Waals surface area contributed by atoms with E-state index in [1.165, 1.54) is 0 Å². The molecule has 0 bridgehead atoms. The minimum absolute atomic E-state index is 0.0301. The molecular weight excluding hydrogens is 230 g/mol. The normalized spacial score (nSPS) is 31.1. The van der Waals surface area contributed by atoms with Gasteiger partial charge in [0.15, 0.2) is 0 Å². The quantitative estimate of drug-likeness (QED) is 0.796. The van der Waals surface area contributed by atoms with Gasteiger partial charge in [0.1, 0.15) is 0 Å². The third kappa shape index (κ3) is 2.38. The highest BCUT2D eigenvalue weighted by atomic mass is 16.4. The zero-order valence-corrected chi connectivity index (χ0v) is 12.3. The summed E-state index contributed by atoms with van der Waals surface area (Å²) >= 11 is 0. The zero-order chi connectivity index (χ0) is 14.4. The van der Waals surface area contributed by atoms with Gasteiger partial charge in [0.05, 0.1) is 5.41 Å². The predicted molar refractivity (Wildman–Crippen MR) is 70.1 cm³/mol. The molecule has 4 heteroatoms. The van der Waals surface area contributed by atoms with Gasteiger partial charge in [0, 0.05) is 11.5 Å². The van der Waals surface area contributed by atoms with Gasteiger partial charge in [0.2, 0.25) is 5.91 Å². The van der Waals surface area contributed by atoms with Gasteiger partial charge in [-0.15, -0.1) is 0 Å². The first kappa shape index (κ1) is 15.0. The van der Waals surface area contributed by atoms with Crippen LogP contribution in [-0.2, 0) is 9.59 Å². The molecule has 0 aromatic rings. The Kier molecular flexibility index (Phi) is 3.54. The Bertz CT molecular complexity index is 368. The summed E-state index contributed by atoms with van der Waals surface area (Å²) in [6.45, 7) is 11.3. The van der Waals surface area contributed by atoms with Crippen molar-refractivity contribution < 1.29 is 14.7 Å². The monoisotopic (exact) mass is 255 g/mol. The molecule has 1 amide bonds. The summed E-state index contributed by atoms with van der Waals surface area (Å²) < 4.78 is 0. The molecule has 0 spiro atoms. The van der Waals surface area contributed by atoms with Crippen LogP contribution >= 0.6 is 0 Å². The van der Waals surface area contributed by atoms with Crippen molar-refractivity contribution in [3.05, 3.63) is 0 Å². The molecule has 1 fully saturated rings. The summed E-state index contributed by atoms with van der Waals surface area (Å²) in [6, 6.07) is 0. The highest BCUT2D eigenvalue weighted by Gasteiger charge is 2.58. The molecule has 0 aliphatic heterocycles. The summed E-state index contributed by atoms with van der Waals surface area (Å²) in [5.41, 5.74) is -1.64. The number of carboxylic acid groups (broad SMARTS) is 1. The van der Waals surface area contributed by atoms with E-state index in [9.17, 15) is 14.7 Å². The standard InChI is InChI=1S/C14H25NO3/c1-12(2,3)15-10(16)9-7-8-14(6,11(17)18)13(9,4)5/h9H,7-8H2,1-6H3,(H,15,16)(H,17,18)/t9-,14+/m0/s1. The molecule has 0 heterocycles. The zero-order valence-electron chi connectivity index (χ0n) is 12.3. The number of amides is 1. The van der Waals surface area contributed by atoms with Crippen LogP contribution in [0.2, 0.25) is 0 Å². The van der Waals surface area contributed by atoms with Crippen LogP contribution in [-0.4, -0.2) is 22.5 Å². The first-order chi connectivity index (χ1) is 7.92. The Hall–Kier alpha value is -1.06. The lowest BCUT2D eigenvalue weighted by molar-refractivity contribution is -0.155. The second kappa shape index (κ2) is 4.25. The van der Waals surface area contributed by atoms with E-state index >= 15 is 0 Å². The fourth-order valence-corrected chi connectivity index (χ4v) is 2.80. The van der Waals surface area contributed by atoms with E-state index < -0.39 is 16.8 Å². The molecule has 2 atom stereocenters. The maximum atomic E-state index is 12.3. The molecule has 104 valence electrons. The van der Waals surface area contributed by atoms with Gasteiger partial charge in [-0.3, -0.25) is 9.59 Å². The number of carbonyl (C=O) groups is 2. The lowest BCUT2D eigenvalue weighted by Gasteiger charge is -2.38. The van der Waals surface area contributed by atoms with Crippen LogP contribution in [0.25, 0.3) is 0 Å². The summed E-state index contributed by atoms with van der Waals surface area (Å²) in [4.78, 5) is 23.7. The molecule has 0 unspecified atom stereocenters. The van der Waals surface area contributed by atoms with Crippen molar-refractivity contribution in [1.29, 1.82) is 0 Å². The Morgan fingerprint density at radius 2 is 1.72 bits per heavy atom. The average Bonchev–Trinajstić information content (AvgIpc) is 2.36. The SMILES string of the molecule is CC(C)(C)NC(=O)[C@@H]1CC[C@](C)(C(=O)O)C1(C)C. The van der Waals surface area contributed by atoms with Crippen LogP contribution in [0.5, 0.6) is 0 Å². The van der Waals surface area contributed by atoms with E-state index in [1.54, 1.807) is 6.92 Å². The number of carbonyl (C=O) groups excluding carboxylic acids is 1. The highest BCUT2D eigenvalue weighted by Crippen LogP contribution is 2.56. The molecule has 0 aromatic heterocycles. The fraction of sp³-hybridized carbons (Fsp3) is 0.857. The minimum atomic E-state index is -0.826. The van der Waals surface area contributed by atoms with Crippen LogP contribution < -0.4 is 5.32 Å². The van der Waals surface area contributed by atoms with Crippen molar-refractivity contribution in [3.63, 3.8) is 0 Å². The van der Waals surface area contributed by atoms with Crippen molar-refractivity contribution in [2.24, 2.45) is 16.7 Å². The third-order valence-corrected chi connectivity index (χ3v) is 4.51. The molecule has 1 saturated carbocycles. The number of aliphatic carboxylic acids is 1. The van der Waals surface area contributed by atoms with E-state index in [4.69, 9.17) is 0 Å². The van der Waals surface area contributed by atoms with Crippen molar-refractivity contribution in [1.82, 2.24) is 5.32 Å². The number of rotatable bonds is 2. The molecule has 1 rings (SSSR count). The van der Waals surface area contributed by atoms with Crippen LogP contribution in [0.1, 0.15) is 54.4 Å². The van der Waals surface area contributed by atoms with Crippen LogP contribution in [0.4, 0.5) is 0 Å². The summed E-state index contributed by atoms with van der Waals surface area (Å²) in [5.74, 6) is -1.08. The molecule has 18 heavy (non-hydrogen) atoms. The molecule has 0 saturated heterocycles. The average molecular weight is 255 g/mol. The second-order valence-corrected chi connectivity index (χ2v) is 7.19. The molecule has 0 aromatic carbocycles. The Morgan fingerprint density at radius 1 is 1.22 bits per heavy atom. The lowest BCUT2D eigenvalue weighted by atomic mass is 9.65. The van der Waals surface area contributed by atoms with Crippen LogP contribution in [0.3, 0.4) is 0 Å². The second-order valence-electron chi connectivity index (χ2n) is 7.19. The van der Waals surface area contributed by atoms with Crippen LogP contribution in [0, 0.1) is 16.7 Å². The van der Waals surface area contributed by atoms with Crippen molar-refractivity contribution in [3.8, 4) is 0 Å². The van der Waals surface area contributed by atoms with Crippen LogP contribution in [0.15, 0.2) is 0 Å². The van der Waals surface area contributed by atoms with E-state index in [0.717, 1.165) is 0 Å². The van der Waals surface area contributed by atoms with Gasteiger partial charge in [-0.25, -0.2) is 0 Å². The van der Waals surface area contributed by atoms with Gasteiger partial charge < -0.3 is 10.4 Å². The Labute approximate surface area is 109 Å². The Balaban J connectivity index is 2.95. The van der Waals surface area contributed by atoms with Gasteiger partial charge >= 0.3 is 5.97 Å². The number of hydrogen-bond acceptors (Lipinski definition) is 2. The predicted octanol–water partition coefficient (Wildman–Crippen LogP) is 2.43. The van der Waals surface area contributed by atoms with Gasteiger partial charge in [0.25, 0.3) is 0 Å². The largest absolute Gasteiger partial charge is 0.481 e. The number of nitrogens with one attached hydrogen (secondary N) is 1. The summed E-state index contributed by atoms with van der Waals surface area (Å²) in [7, 11) is 0. The van der Waals surface area contributed by atoms with Crippen molar-refractivity contribution in [2.75, 3.05) is 0 Å². The molecule has 4 nitrogen and oxygen atoms in total. The van der Waals surface area contributed by atoms with Gasteiger partial charge in [-0.2, -0.15) is 0 Å². The Morgan fingerprint density at radius 3 is 2.06 bits per heavy atom. The topological polar surface area (TPSA) is 66.4 Å². The maximum absolute atomic E-state index is 12.3. The van der Waals surface area contributed by atoms with Crippen molar-refractivity contribution >= 4 is 11.9 Å². The third-order valence-electron chi connectivity index (χ3n) is 4.51. The molecular formula is C14H25NO3. The maximum Gasteiger partial charge on any atom is 0.309 e. The van der Waals surface area contributed by atoms with E-state index in [0.29, 0.717) is 12.8 Å². The molecule has 2 N–H and O–H groups in total. The van der Waals surface area contributed by atoms with Crippen molar-refractivity contribution in [2.45, 2.75) is 59.9 Å². The first-order valence-electron chi connectivity index (χ1n) is 6.47. The summed E-state index contributed by atoms with van der Waals surface area (Å²) in [6.07, 6.45) is 1.19. The lowest BCUT2D eigenvalue weighted by Crippen LogP contribution is -2.49. The molecule has 1 aliphatic rings. The number of carboxylic acids is 1.